The molecule has 1 aromatic carbocycles. The number of nitrogens with zero attached hydrogens (tertiary/aromatic N) is 4. The van der Waals surface area contributed by atoms with Crippen molar-refractivity contribution in [2.75, 3.05) is 25.0 Å². The predicted octanol–water partition coefficient (Wildman–Crippen LogP) is 3.91. The summed E-state index contributed by atoms with van der Waals surface area (Å²) in [5, 5.41) is 5.69. The predicted molar refractivity (Wildman–Crippen MR) is 149 cm³/mol. The van der Waals surface area contributed by atoms with Gasteiger partial charge < -0.3 is 25.2 Å². The molecule has 4 amide bonds. The van der Waals surface area contributed by atoms with Gasteiger partial charge in [0, 0.05) is 35.9 Å². The van der Waals surface area contributed by atoms with Gasteiger partial charge in [0.25, 0.3) is 0 Å². The summed E-state index contributed by atoms with van der Waals surface area (Å²) in [7, 11) is 0. The molecule has 1 aromatic heterocycles. The maximum absolute atomic E-state index is 13.7. The molecule has 37 heavy (non-hydrogen) atoms. The average Bonchev–Trinajstić information content (AvgIpc) is 3.41. The van der Waals surface area contributed by atoms with E-state index in [4.69, 9.17) is 4.74 Å². The molecular formula is C26H35IN6O4. The van der Waals surface area contributed by atoms with Gasteiger partial charge in [0.1, 0.15) is 11.9 Å². The van der Waals surface area contributed by atoms with Crippen molar-refractivity contribution in [3.63, 3.8) is 0 Å². The normalized spacial score (nSPS) is 17.1. The number of hydrogen-bond donors (Lipinski definition) is 2. The van der Waals surface area contributed by atoms with Gasteiger partial charge in [0.05, 0.1) is 24.0 Å². The van der Waals surface area contributed by atoms with E-state index >= 15 is 0 Å². The number of likely N-dealkylation sites (tertiary alicyclic amines) is 1. The minimum Gasteiger partial charge on any atom is -0.373 e. The first-order valence-corrected chi connectivity index (χ1v) is 14.2. The number of piperidine rings is 1. The lowest BCUT2D eigenvalue weighted by Gasteiger charge is -2.41. The van der Waals surface area contributed by atoms with Gasteiger partial charge in [-0.05, 0) is 58.2 Å². The van der Waals surface area contributed by atoms with Crippen molar-refractivity contribution in [1.82, 2.24) is 24.7 Å². The first-order chi connectivity index (χ1) is 17.6. The number of urea groups is 1. The van der Waals surface area contributed by atoms with Crippen molar-refractivity contribution < 1.29 is 19.1 Å². The number of aryl methyl sites for hydroxylation is 1. The third-order valence-electron chi connectivity index (χ3n) is 7.10. The van der Waals surface area contributed by atoms with E-state index in [1.807, 2.05) is 56.9 Å². The van der Waals surface area contributed by atoms with E-state index < -0.39 is 17.7 Å². The van der Waals surface area contributed by atoms with Crippen LogP contribution in [0.1, 0.15) is 50.7 Å². The first-order valence-electron chi connectivity index (χ1n) is 12.6. The minimum absolute atomic E-state index is 0.0463. The molecule has 0 bridgehead atoms. The minimum atomic E-state index is -0.913. The standard InChI is InChI=1S/C26H35IN6O4/c1-5-37-26(3,4)22(30-24(35)29-19-8-6-18(14-27)7-9-19)23(34)31-12-10-20(11-13-31)32-16-21-15-28-17(2)33(21)25(32)36/h6-9,15,20,22H,5,10-14,16H2,1-4H3,(H2,29,30,35). The zero-order valence-electron chi connectivity index (χ0n) is 21.8. The molecule has 3 heterocycles. The van der Waals surface area contributed by atoms with E-state index in [1.54, 1.807) is 15.7 Å². The van der Waals surface area contributed by atoms with Crippen LogP contribution in [0.3, 0.4) is 0 Å². The quantitative estimate of drug-likeness (QED) is 0.343. The second-order valence-electron chi connectivity index (χ2n) is 10.00. The lowest BCUT2D eigenvalue weighted by molar-refractivity contribution is -0.143. The van der Waals surface area contributed by atoms with Gasteiger partial charge in [0.15, 0.2) is 0 Å². The molecule has 200 valence electrons. The number of hydrogen-bond acceptors (Lipinski definition) is 5. The molecular weight excluding hydrogens is 587 g/mol. The molecule has 10 nitrogen and oxygen atoms in total. The SMILES string of the molecule is CCOC(C)(C)C(NC(=O)Nc1ccc(CI)cc1)C(=O)N1CCC(N2Cc3cnc(C)n3C2=O)CC1. The monoisotopic (exact) mass is 622 g/mol. The van der Waals surface area contributed by atoms with Gasteiger partial charge in [-0.15, -0.1) is 0 Å². The van der Waals surface area contributed by atoms with Gasteiger partial charge in [-0.1, -0.05) is 34.7 Å². The second-order valence-corrected chi connectivity index (χ2v) is 10.8. The molecule has 0 spiro atoms. The van der Waals surface area contributed by atoms with Crippen LogP contribution in [0.5, 0.6) is 0 Å². The number of fused-ring (bicyclic) bond motifs is 1. The van der Waals surface area contributed by atoms with Crippen molar-refractivity contribution >= 4 is 46.2 Å². The van der Waals surface area contributed by atoms with E-state index in [0.29, 0.717) is 50.6 Å². The Bertz CT molecular complexity index is 1140. The summed E-state index contributed by atoms with van der Waals surface area (Å²) in [6.45, 7) is 9.27. The van der Waals surface area contributed by atoms with Crippen LogP contribution in [0, 0.1) is 6.92 Å². The molecule has 1 atom stereocenters. The number of aromatic nitrogens is 2. The Labute approximate surface area is 231 Å². The molecule has 4 rings (SSSR count). The van der Waals surface area contributed by atoms with Crippen LogP contribution >= 0.6 is 22.6 Å². The summed E-state index contributed by atoms with van der Waals surface area (Å²) in [6, 6.07) is 6.27. The Hall–Kier alpha value is -2.67. The Morgan fingerprint density at radius 2 is 1.89 bits per heavy atom. The Kier molecular flexibility index (Phi) is 8.42. The molecule has 0 aliphatic carbocycles. The Morgan fingerprint density at radius 3 is 2.49 bits per heavy atom. The van der Waals surface area contributed by atoms with Crippen LogP contribution in [-0.4, -0.2) is 74.7 Å². The fourth-order valence-corrected chi connectivity index (χ4v) is 5.57. The van der Waals surface area contributed by atoms with Gasteiger partial charge in [-0.25, -0.2) is 14.6 Å². The van der Waals surface area contributed by atoms with Crippen LogP contribution < -0.4 is 10.6 Å². The van der Waals surface area contributed by atoms with Crippen molar-refractivity contribution in [1.29, 1.82) is 0 Å². The number of ether oxygens (including phenoxy) is 1. The van der Waals surface area contributed by atoms with Crippen molar-refractivity contribution in [3.05, 3.63) is 47.5 Å². The van der Waals surface area contributed by atoms with Gasteiger partial charge in [-0.3, -0.25) is 9.36 Å². The highest BCUT2D eigenvalue weighted by molar-refractivity contribution is 14.1. The number of benzene rings is 1. The molecule has 1 fully saturated rings. The number of imidazole rings is 1. The fourth-order valence-electron chi connectivity index (χ4n) is 5.06. The summed E-state index contributed by atoms with van der Waals surface area (Å²) in [4.78, 5) is 47.3. The molecule has 0 radical (unpaired) electrons. The number of halogens is 1. The molecule has 1 unspecified atom stereocenters. The van der Waals surface area contributed by atoms with Gasteiger partial charge in [-0.2, -0.15) is 0 Å². The summed E-state index contributed by atoms with van der Waals surface area (Å²) < 4.78 is 8.43. The van der Waals surface area contributed by atoms with Crippen molar-refractivity contribution in [2.45, 2.75) is 69.2 Å². The lowest BCUT2D eigenvalue weighted by atomic mass is 9.95. The second kappa shape index (κ2) is 11.4. The average molecular weight is 623 g/mol. The highest BCUT2D eigenvalue weighted by atomic mass is 127. The third kappa shape index (κ3) is 5.92. The number of carbonyl (C=O) groups excluding carboxylic acids is 3. The Balaban J connectivity index is 1.39. The van der Waals surface area contributed by atoms with Crippen molar-refractivity contribution in [3.8, 4) is 0 Å². The van der Waals surface area contributed by atoms with Crippen LogP contribution in [0.25, 0.3) is 0 Å². The topological polar surface area (TPSA) is 109 Å². The summed E-state index contributed by atoms with van der Waals surface area (Å²) in [6.07, 6.45) is 3.10. The van der Waals surface area contributed by atoms with Gasteiger partial charge >= 0.3 is 12.1 Å². The zero-order valence-corrected chi connectivity index (χ0v) is 23.9. The maximum atomic E-state index is 13.7. The smallest absolute Gasteiger partial charge is 0.330 e. The molecule has 11 heteroatoms. The van der Waals surface area contributed by atoms with Crippen LogP contribution in [0.15, 0.2) is 30.5 Å². The lowest BCUT2D eigenvalue weighted by Crippen LogP contribution is -2.61. The highest BCUT2D eigenvalue weighted by Gasteiger charge is 2.42. The van der Waals surface area contributed by atoms with Gasteiger partial charge in [0.2, 0.25) is 5.91 Å². The van der Waals surface area contributed by atoms with Crippen LogP contribution in [0.4, 0.5) is 15.3 Å². The van der Waals surface area contributed by atoms with Crippen LogP contribution in [-0.2, 0) is 20.5 Å². The number of anilines is 1. The largest absolute Gasteiger partial charge is 0.373 e. The number of nitrogens with one attached hydrogen (secondary N) is 2. The van der Waals surface area contributed by atoms with E-state index in [1.165, 1.54) is 0 Å². The third-order valence-corrected chi connectivity index (χ3v) is 7.98. The number of alkyl halides is 1. The molecule has 2 aliphatic rings. The highest BCUT2D eigenvalue weighted by Crippen LogP contribution is 2.27. The van der Waals surface area contributed by atoms with E-state index in [9.17, 15) is 14.4 Å². The molecule has 2 aromatic rings. The molecule has 0 saturated carbocycles. The summed E-state index contributed by atoms with van der Waals surface area (Å²) in [5.41, 5.74) is 1.80. The summed E-state index contributed by atoms with van der Waals surface area (Å²) >= 11 is 2.29. The summed E-state index contributed by atoms with van der Waals surface area (Å²) in [5.74, 6) is 0.507. The van der Waals surface area contributed by atoms with E-state index in [2.05, 4.69) is 38.2 Å². The number of amides is 4. The van der Waals surface area contributed by atoms with Crippen molar-refractivity contribution in [2.24, 2.45) is 0 Å². The number of carbonyl (C=O) groups is 3. The first kappa shape index (κ1) is 27.4. The number of rotatable bonds is 8. The fraction of sp³-hybridized carbons (Fsp3) is 0.538. The van der Waals surface area contributed by atoms with E-state index in [0.717, 1.165) is 15.7 Å². The zero-order chi connectivity index (χ0) is 26.7. The molecule has 2 aliphatic heterocycles. The molecule has 1 saturated heterocycles. The molecule has 2 N–H and O–H groups in total. The van der Waals surface area contributed by atoms with E-state index in [-0.39, 0.29) is 18.0 Å². The Morgan fingerprint density at radius 1 is 1.22 bits per heavy atom. The maximum Gasteiger partial charge on any atom is 0.330 e. The van der Waals surface area contributed by atoms with Crippen LogP contribution in [0.2, 0.25) is 0 Å².